The SMILES string of the molecule is Cc1cc(NCCCc2[nH]nc(N)c2C#N)n2c(nc3ccccc32)c1C#N. The summed E-state index contributed by atoms with van der Waals surface area (Å²) in [4.78, 5) is 4.65. The second kappa shape index (κ2) is 6.93. The van der Waals surface area contributed by atoms with Gasteiger partial charge in [0.05, 0.1) is 22.3 Å². The molecule has 0 atom stereocenters. The van der Waals surface area contributed by atoms with Crippen molar-refractivity contribution >= 4 is 28.3 Å². The van der Waals surface area contributed by atoms with Gasteiger partial charge in [-0.1, -0.05) is 12.1 Å². The predicted octanol–water partition coefficient (Wildman–Crippen LogP) is 2.89. The second-order valence-corrected chi connectivity index (χ2v) is 6.56. The zero-order valence-electron chi connectivity index (χ0n) is 15.3. The normalized spacial score (nSPS) is 10.8. The Morgan fingerprint density at radius 1 is 1.21 bits per heavy atom. The zero-order chi connectivity index (χ0) is 19.7. The fourth-order valence-electron chi connectivity index (χ4n) is 3.41. The van der Waals surface area contributed by atoms with E-state index in [1.807, 2.05) is 41.7 Å². The Morgan fingerprint density at radius 3 is 2.79 bits per heavy atom. The first-order valence-corrected chi connectivity index (χ1v) is 8.91. The summed E-state index contributed by atoms with van der Waals surface area (Å²) >= 11 is 0. The number of anilines is 2. The largest absolute Gasteiger partial charge is 0.381 e. The average Bonchev–Trinajstić information content (AvgIpc) is 3.25. The van der Waals surface area contributed by atoms with Crippen LogP contribution in [0.2, 0.25) is 0 Å². The number of nitrogen functional groups attached to an aromatic ring is 1. The molecule has 0 unspecified atom stereocenters. The molecule has 0 aliphatic rings. The molecule has 0 aliphatic heterocycles. The molecule has 0 amide bonds. The second-order valence-electron chi connectivity index (χ2n) is 6.56. The minimum atomic E-state index is 0.236. The van der Waals surface area contributed by atoms with E-state index in [9.17, 15) is 5.26 Å². The molecule has 8 nitrogen and oxygen atoms in total. The van der Waals surface area contributed by atoms with Crippen LogP contribution < -0.4 is 11.1 Å². The predicted molar refractivity (Wildman–Crippen MR) is 107 cm³/mol. The third-order valence-electron chi connectivity index (χ3n) is 4.78. The number of aryl methyl sites for hydroxylation is 2. The van der Waals surface area contributed by atoms with Gasteiger partial charge in [-0.25, -0.2) is 4.98 Å². The Kier molecular flexibility index (Phi) is 4.30. The number of nitrogens with two attached hydrogens (primary N) is 1. The number of aromatic amines is 1. The van der Waals surface area contributed by atoms with Gasteiger partial charge in [0.25, 0.3) is 0 Å². The molecule has 0 aliphatic carbocycles. The van der Waals surface area contributed by atoms with Crippen LogP contribution in [-0.2, 0) is 6.42 Å². The molecule has 0 saturated heterocycles. The number of nitriles is 2. The lowest BCUT2D eigenvalue weighted by Crippen LogP contribution is -2.09. The van der Waals surface area contributed by atoms with Crippen molar-refractivity contribution in [1.82, 2.24) is 19.6 Å². The number of nitrogens with zero attached hydrogens (tertiary/aromatic N) is 5. The van der Waals surface area contributed by atoms with E-state index >= 15 is 0 Å². The van der Waals surface area contributed by atoms with Crippen molar-refractivity contribution in [2.24, 2.45) is 0 Å². The topological polar surface area (TPSA) is 132 Å². The van der Waals surface area contributed by atoms with Gasteiger partial charge in [0.1, 0.15) is 23.5 Å². The van der Waals surface area contributed by atoms with Crippen LogP contribution in [0.25, 0.3) is 16.7 Å². The molecule has 0 spiro atoms. The van der Waals surface area contributed by atoms with Gasteiger partial charge in [0, 0.05) is 6.54 Å². The van der Waals surface area contributed by atoms with Crippen molar-refractivity contribution < 1.29 is 0 Å². The van der Waals surface area contributed by atoms with Gasteiger partial charge in [-0.15, -0.1) is 0 Å². The van der Waals surface area contributed by atoms with Crippen LogP contribution in [0.1, 0.15) is 28.8 Å². The molecule has 28 heavy (non-hydrogen) atoms. The number of benzene rings is 1. The molecule has 4 aromatic rings. The number of hydrogen-bond acceptors (Lipinski definition) is 6. The molecule has 138 valence electrons. The van der Waals surface area contributed by atoms with E-state index in [1.165, 1.54) is 0 Å². The van der Waals surface area contributed by atoms with E-state index in [-0.39, 0.29) is 5.82 Å². The number of fused-ring (bicyclic) bond motifs is 3. The monoisotopic (exact) mass is 370 g/mol. The molecule has 4 N–H and O–H groups in total. The summed E-state index contributed by atoms with van der Waals surface area (Å²) in [5, 5.41) is 28.9. The molecule has 0 fully saturated rings. The molecule has 0 radical (unpaired) electrons. The fraction of sp³-hybridized carbons (Fsp3) is 0.200. The van der Waals surface area contributed by atoms with E-state index in [1.54, 1.807) is 0 Å². The summed E-state index contributed by atoms with van der Waals surface area (Å²) in [5.74, 6) is 1.12. The van der Waals surface area contributed by atoms with Crippen LogP contribution in [0.5, 0.6) is 0 Å². The number of pyridine rings is 1. The molecule has 8 heteroatoms. The lowest BCUT2D eigenvalue weighted by Gasteiger charge is -2.12. The lowest BCUT2D eigenvalue weighted by molar-refractivity contribution is 0.821. The lowest BCUT2D eigenvalue weighted by atomic mass is 10.1. The highest BCUT2D eigenvalue weighted by molar-refractivity contribution is 5.85. The standard InChI is InChI=1S/C20H18N8/c1-12-9-18(24-8-4-6-15-14(11-22)19(23)27-26-15)28-17-7-3-2-5-16(17)25-20(28)13(12)10-21/h2-3,5,7,9,24H,4,6,8H2,1H3,(H3,23,26,27). The number of imidazole rings is 1. The van der Waals surface area contributed by atoms with E-state index in [2.05, 4.69) is 32.6 Å². The van der Waals surface area contributed by atoms with Crippen LogP contribution >= 0.6 is 0 Å². The molecular weight excluding hydrogens is 352 g/mol. The van der Waals surface area contributed by atoms with Gasteiger partial charge in [0.15, 0.2) is 11.5 Å². The van der Waals surface area contributed by atoms with Crippen LogP contribution in [0.3, 0.4) is 0 Å². The first-order valence-electron chi connectivity index (χ1n) is 8.91. The first kappa shape index (κ1) is 17.4. The smallest absolute Gasteiger partial charge is 0.163 e. The van der Waals surface area contributed by atoms with Gasteiger partial charge >= 0.3 is 0 Å². The van der Waals surface area contributed by atoms with Crippen LogP contribution in [0.15, 0.2) is 30.3 Å². The summed E-state index contributed by atoms with van der Waals surface area (Å²) in [5.41, 5.74) is 10.7. The third kappa shape index (κ3) is 2.78. The van der Waals surface area contributed by atoms with Gasteiger partial charge < -0.3 is 11.1 Å². The van der Waals surface area contributed by atoms with Crippen molar-refractivity contribution in [2.45, 2.75) is 19.8 Å². The maximum absolute atomic E-state index is 9.55. The van der Waals surface area contributed by atoms with Gasteiger partial charge in [-0.3, -0.25) is 9.50 Å². The Morgan fingerprint density at radius 2 is 2.00 bits per heavy atom. The van der Waals surface area contributed by atoms with Crippen molar-refractivity contribution in [3.8, 4) is 12.1 Å². The molecule has 0 saturated carbocycles. The van der Waals surface area contributed by atoms with E-state index < -0.39 is 0 Å². The van der Waals surface area contributed by atoms with Gasteiger partial charge in [-0.2, -0.15) is 15.6 Å². The number of hydrogen-bond donors (Lipinski definition) is 3. The van der Waals surface area contributed by atoms with Gasteiger partial charge in [-0.05, 0) is 43.5 Å². The Balaban J connectivity index is 1.62. The summed E-state index contributed by atoms with van der Waals surface area (Å²) in [6, 6.07) is 14.1. The Labute approximate surface area is 161 Å². The third-order valence-corrected chi connectivity index (χ3v) is 4.78. The molecule has 3 heterocycles. The molecular formula is C20H18N8. The highest BCUT2D eigenvalue weighted by Crippen LogP contribution is 2.26. The quantitative estimate of drug-likeness (QED) is 0.463. The Hall–Kier alpha value is -4.04. The van der Waals surface area contributed by atoms with E-state index in [0.717, 1.165) is 34.5 Å². The van der Waals surface area contributed by atoms with Crippen LogP contribution in [0.4, 0.5) is 11.6 Å². The number of aromatic nitrogens is 4. The van der Waals surface area contributed by atoms with Crippen molar-refractivity contribution in [2.75, 3.05) is 17.6 Å². The highest BCUT2D eigenvalue weighted by Gasteiger charge is 2.15. The average molecular weight is 370 g/mol. The fourth-order valence-corrected chi connectivity index (χ4v) is 3.41. The van der Waals surface area contributed by atoms with Crippen molar-refractivity contribution in [1.29, 1.82) is 10.5 Å². The summed E-state index contributed by atoms with van der Waals surface area (Å²) < 4.78 is 1.98. The molecule has 3 aromatic heterocycles. The van der Waals surface area contributed by atoms with Crippen molar-refractivity contribution in [3.05, 3.63) is 52.7 Å². The highest BCUT2D eigenvalue weighted by atomic mass is 15.2. The molecule has 4 rings (SSSR count). The molecule has 0 bridgehead atoms. The van der Waals surface area contributed by atoms with Crippen molar-refractivity contribution in [3.63, 3.8) is 0 Å². The maximum Gasteiger partial charge on any atom is 0.163 e. The van der Waals surface area contributed by atoms with Gasteiger partial charge in [0.2, 0.25) is 0 Å². The number of para-hydroxylation sites is 2. The maximum atomic E-state index is 9.55. The minimum Gasteiger partial charge on any atom is -0.381 e. The zero-order valence-corrected chi connectivity index (χ0v) is 15.3. The number of rotatable bonds is 5. The summed E-state index contributed by atoms with van der Waals surface area (Å²) in [6.07, 6.45) is 1.44. The van der Waals surface area contributed by atoms with Crippen LogP contribution in [0, 0.1) is 29.6 Å². The van der Waals surface area contributed by atoms with Crippen LogP contribution in [-0.4, -0.2) is 26.1 Å². The first-order chi connectivity index (χ1) is 13.6. The van der Waals surface area contributed by atoms with E-state index in [0.29, 0.717) is 29.7 Å². The summed E-state index contributed by atoms with van der Waals surface area (Å²) in [6.45, 7) is 2.59. The minimum absolute atomic E-state index is 0.236. The van der Waals surface area contributed by atoms with E-state index in [4.69, 9.17) is 11.0 Å². The Bertz CT molecular complexity index is 1270. The molecule has 1 aromatic carbocycles. The number of H-pyrrole nitrogens is 1. The number of nitrogens with one attached hydrogen (secondary N) is 2. The summed E-state index contributed by atoms with van der Waals surface area (Å²) in [7, 11) is 0.